The molecule has 0 aliphatic rings. The number of hydrogen-bond donors (Lipinski definition) is 1. The standard InChI is InChI=1S/C17H24N4OS/c1-5-8-14-19-20-17(21(14)6-2)23-11-15(22)18-16-12(3)9-7-10-13(16)4/h7,9-10H,5-6,8,11H2,1-4H3,(H,18,22). The summed E-state index contributed by atoms with van der Waals surface area (Å²) in [5.74, 6) is 1.31. The predicted octanol–water partition coefficient (Wildman–Crippen LogP) is 3.60. The highest BCUT2D eigenvalue weighted by Gasteiger charge is 2.13. The Morgan fingerprint density at radius 2 is 1.91 bits per heavy atom. The number of amides is 1. The van der Waals surface area contributed by atoms with Gasteiger partial charge in [-0.3, -0.25) is 4.79 Å². The van der Waals surface area contributed by atoms with Gasteiger partial charge in [-0.15, -0.1) is 10.2 Å². The first-order valence-electron chi connectivity index (χ1n) is 7.97. The molecule has 6 heteroatoms. The minimum atomic E-state index is -0.0184. The molecule has 1 amide bonds. The third-order valence-corrected chi connectivity index (χ3v) is 4.63. The summed E-state index contributed by atoms with van der Waals surface area (Å²) in [6, 6.07) is 6.00. The Hall–Kier alpha value is -1.82. The lowest BCUT2D eigenvalue weighted by molar-refractivity contribution is -0.113. The molecule has 124 valence electrons. The van der Waals surface area contributed by atoms with Gasteiger partial charge in [0.05, 0.1) is 5.75 Å². The number of nitrogens with one attached hydrogen (secondary N) is 1. The van der Waals surface area contributed by atoms with E-state index in [1.165, 1.54) is 11.8 Å². The molecule has 0 saturated carbocycles. The van der Waals surface area contributed by atoms with Gasteiger partial charge in [-0.1, -0.05) is 36.9 Å². The Morgan fingerprint density at radius 3 is 2.52 bits per heavy atom. The molecule has 0 aliphatic carbocycles. The van der Waals surface area contributed by atoms with Crippen molar-refractivity contribution in [3.8, 4) is 0 Å². The minimum Gasteiger partial charge on any atom is -0.325 e. The molecular formula is C17H24N4OS. The maximum atomic E-state index is 12.2. The molecule has 0 fully saturated rings. The fourth-order valence-corrected chi connectivity index (χ4v) is 3.29. The van der Waals surface area contributed by atoms with E-state index >= 15 is 0 Å². The van der Waals surface area contributed by atoms with Crippen LogP contribution in [0.1, 0.15) is 37.2 Å². The number of aryl methyl sites for hydroxylation is 3. The predicted molar refractivity (Wildman–Crippen MR) is 95.0 cm³/mol. The SMILES string of the molecule is CCCc1nnc(SCC(=O)Nc2c(C)cccc2C)n1CC. The average molecular weight is 332 g/mol. The molecule has 1 heterocycles. The molecule has 1 aromatic carbocycles. The van der Waals surface area contributed by atoms with Crippen molar-refractivity contribution < 1.29 is 4.79 Å². The van der Waals surface area contributed by atoms with E-state index < -0.39 is 0 Å². The Balaban J connectivity index is 2.00. The topological polar surface area (TPSA) is 59.8 Å². The molecule has 5 nitrogen and oxygen atoms in total. The first-order valence-corrected chi connectivity index (χ1v) is 8.96. The first-order chi connectivity index (χ1) is 11.1. The second kappa shape index (κ2) is 8.15. The largest absolute Gasteiger partial charge is 0.325 e. The molecule has 0 bridgehead atoms. The summed E-state index contributed by atoms with van der Waals surface area (Å²) >= 11 is 1.43. The summed E-state index contributed by atoms with van der Waals surface area (Å²) in [4.78, 5) is 12.2. The normalized spacial score (nSPS) is 10.8. The van der Waals surface area contributed by atoms with Crippen LogP contribution in [0.2, 0.25) is 0 Å². The second-order valence-electron chi connectivity index (χ2n) is 5.50. The third-order valence-electron chi connectivity index (χ3n) is 3.66. The molecule has 1 aromatic heterocycles. The number of hydrogen-bond acceptors (Lipinski definition) is 4. The van der Waals surface area contributed by atoms with Crippen LogP contribution in [0.15, 0.2) is 23.4 Å². The van der Waals surface area contributed by atoms with Crippen LogP contribution in [-0.4, -0.2) is 26.4 Å². The number of nitrogens with zero attached hydrogens (tertiary/aromatic N) is 3. The molecule has 0 aliphatic heterocycles. The van der Waals surface area contributed by atoms with E-state index in [1.807, 2.05) is 32.0 Å². The highest BCUT2D eigenvalue weighted by molar-refractivity contribution is 7.99. The number of para-hydroxylation sites is 1. The van der Waals surface area contributed by atoms with Crippen LogP contribution in [0.4, 0.5) is 5.69 Å². The minimum absolute atomic E-state index is 0.0184. The number of thioether (sulfide) groups is 1. The van der Waals surface area contributed by atoms with Gasteiger partial charge in [-0.25, -0.2) is 0 Å². The zero-order valence-corrected chi connectivity index (χ0v) is 15.0. The van der Waals surface area contributed by atoms with Gasteiger partial charge >= 0.3 is 0 Å². The maximum absolute atomic E-state index is 12.2. The van der Waals surface area contributed by atoms with Crippen molar-refractivity contribution in [1.82, 2.24) is 14.8 Å². The van der Waals surface area contributed by atoms with Crippen molar-refractivity contribution in [2.45, 2.75) is 52.2 Å². The third kappa shape index (κ3) is 4.34. The number of aromatic nitrogens is 3. The molecule has 0 radical (unpaired) electrons. The van der Waals surface area contributed by atoms with Crippen molar-refractivity contribution in [2.75, 3.05) is 11.1 Å². The van der Waals surface area contributed by atoms with Crippen LogP contribution in [0, 0.1) is 13.8 Å². The van der Waals surface area contributed by atoms with Gasteiger partial charge in [-0.05, 0) is 38.3 Å². The number of rotatable bonds is 7. The molecule has 0 atom stereocenters. The molecule has 0 unspecified atom stereocenters. The molecule has 2 aromatic rings. The Bertz CT molecular complexity index is 661. The summed E-state index contributed by atoms with van der Waals surface area (Å²) in [7, 11) is 0. The lowest BCUT2D eigenvalue weighted by Crippen LogP contribution is -2.16. The van der Waals surface area contributed by atoms with Crippen LogP contribution < -0.4 is 5.32 Å². The fraction of sp³-hybridized carbons (Fsp3) is 0.471. The van der Waals surface area contributed by atoms with Gasteiger partial charge in [0, 0.05) is 18.7 Å². The van der Waals surface area contributed by atoms with Gasteiger partial charge in [-0.2, -0.15) is 0 Å². The van der Waals surface area contributed by atoms with Crippen LogP contribution in [0.25, 0.3) is 0 Å². The van der Waals surface area contributed by atoms with E-state index in [4.69, 9.17) is 0 Å². The van der Waals surface area contributed by atoms with Gasteiger partial charge in [0.25, 0.3) is 0 Å². The van der Waals surface area contributed by atoms with E-state index in [0.29, 0.717) is 5.75 Å². The molecular weight excluding hydrogens is 308 g/mol. The van der Waals surface area contributed by atoms with Crippen LogP contribution in [0.5, 0.6) is 0 Å². The van der Waals surface area contributed by atoms with Crippen molar-refractivity contribution in [2.24, 2.45) is 0 Å². The quantitative estimate of drug-likeness (QED) is 0.787. The number of benzene rings is 1. The van der Waals surface area contributed by atoms with Gasteiger partial charge in [0.2, 0.25) is 5.91 Å². The van der Waals surface area contributed by atoms with Gasteiger partial charge in [0.1, 0.15) is 5.82 Å². The highest BCUT2D eigenvalue weighted by Crippen LogP contribution is 2.21. The summed E-state index contributed by atoms with van der Waals surface area (Å²) in [6.07, 6.45) is 1.95. The van der Waals surface area contributed by atoms with Crippen molar-refractivity contribution in [3.63, 3.8) is 0 Å². The fourth-order valence-electron chi connectivity index (χ4n) is 2.47. The van der Waals surface area contributed by atoms with Crippen LogP contribution in [0.3, 0.4) is 0 Å². The Labute approximate surface area is 141 Å². The van der Waals surface area contributed by atoms with E-state index in [2.05, 4.69) is 33.9 Å². The maximum Gasteiger partial charge on any atom is 0.234 e. The van der Waals surface area contributed by atoms with Crippen LogP contribution >= 0.6 is 11.8 Å². The lowest BCUT2D eigenvalue weighted by Gasteiger charge is -2.11. The summed E-state index contributed by atoms with van der Waals surface area (Å²) in [5.41, 5.74) is 3.05. The van der Waals surface area contributed by atoms with Gasteiger partial charge < -0.3 is 9.88 Å². The summed E-state index contributed by atoms with van der Waals surface area (Å²) in [5, 5.41) is 12.3. The monoisotopic (exact) mass is 332 g/mol. The number of anilines is 1. The smallest absolute Gasteiger partial charge is 0.234 e. The molecule has 0 spiro atoms. The first kappa shape index (κ1) is 17.5. The van der Waals surface area contributed by atoms with Crippen LogP contribution in [-0.2, 0) is 17.8 Å². The lowest BCUT2D eigenvalue weighted by atomic mass is 10.1. The Morgan fingerprint density at radius 1 is 1.22 bits per heavy atom. The van der Waals surface area contributed by atoms with Crippen molar-refractivity contribution in [3.05, 3.63) is 35.2 Å². The highest BCUT2D eigenvalue weighted by atomic mass is 32.2. The molecule has 23 heavy (non-hydrogen) atoms. The molecule has 1 N–H and O–H groups in total. The molecule has 2 rings (SSSR count). The van der Waals surface area contributed by atoms with Crippen molar-refractivity contribution >= 4 is 23.4 Å². The van der Waals surface area contributed by atoms with E-state index in [1.54, 1.807) is 0 Å². The second-order valence-corrected chi connectivity index (χ2v) is 6.44. The summed E-state index contributed by atoms with van der Waals surface area (Å²) in [6.45, 7) is 9.02. The number of carbonyl (C=O) groups excluding carboxylic acids is 1. The average Bonchev–Trinajstić information content (AvgIpc) is 2.91. The Kier molecular flexibility index (Phi) is 6.21. The summed E-state index contributed by atoms with van der Waals surface area (Å²) < 4.78 is 2.08. The molecule has 0 saturated heterocycles. The zero-order chi connectivity index (χ0) is 16.8. The zero-order valence-electron chi connectivity index (χ0n) is 14.2. The van der Waals surface area contributed by atoms with E-state index in [-0.39, 0.29) is 5.91 Å². The van der Waals surface area contributed by atoms with Gasteiger partial charge in [0.15, 0.2) is 5.16 Å². The van der Waals surface area contributed by atoms with E-state index in [9.17, 15) is 4.79 Å². The number of carbonyl (C=O) groups is 1. The van der Waals surface area contributed by atoms with E-state index in [0.717, 1.165) is 47.2 Å². The van der Waals surface area contributed by atoms with Crippen molar-refractivity contribution in [1.29, 1.82) is 0 Å².